The molecule has 1 saturated carbocycles. The zero-order valence-corrected chi connectivity index (χ0v) is 15.2. The van der Waals surface area contributed by atoms with Crippen molar-refractivity contribution in [2.75, 3.05) is 25.5 Å². The minimum Gasteiger partial charge on any atom is -0.486 e. The Bertz CT molecular complexity index is 846. The molecule has 0 spiro atoms. The molecule has 1 heterocycles. The van der Waals surface area contributed by atoms with E-state index in [2.05, 4.69) is 5.32 Å². The van der Waals surface area contributed by atoms with Crippen molar-refractivity contribution in [1.82, 2.24) is 4.90 Å². The number of nitrogens with zero attached hydrogens (tertiary/aromatic N) is 1. The minimum atomic E-state index is -0.217. The van der Waals surface area contributed by atoms with Crippen molar-refractivity contribution < 1.29 is 19.1 Å². The van der Waals surface area contributed by atoms with Crippen LogP contribution in [0.1, 0.15) is 23.2 Å². The van der Waals surface area contributed by atoms with Crippen LogP contribution in [-0.2, 0) is 4.79 Å². The van der Waals surface area contributed by atoms with E-state index < -0.39 is 0 Å². The number of hydrogen-bond acceptors (Lipinski definition) is 4. The molecule has 0 aromatic heterocycles. The normalized spacial score (nSPS) is 17.9. The number of amides is 2. The molecule has 1 unspecified atom stereocenters. The zero-order chi connectivity index (χ0) is 18.8. The van der Waals surface area contributed by atoms with E-state index in [4.69, 9.17) is 9.47 Å². The quantitative estimate of drug-likeness (QED) is 0.883. The van der Waals surface area contributed by atoms with Gasteiger partial charge in [-0.25, -0.2) is 0 Å². The summed E-state index contributed by atoms with van der Waals surface area (Å²) in [5.41, 5.74) is 1.28. The molecule has 1 N–H and O–H groups in total. The van der Waals surface area contributed by atoms with Crippen molar-refractivity contribution in [3.8, 4) is 11.5 Å². The average molecular weight is 366 g/mol. The van der Waals surface area contributed by atoms with Gasteiger partial charge in [-0.15, -0.1) is 0 Å². The van der Waals surface area contributed by atoms with Crippen LogP contribution in [0, 0.1) is 5.92 Å². The number of benzene rings is 2. The maximum atomic E-state index is 12.7. The van der Waals surface area contributed by atoms with E-state index in [1.165, 1.54) is 0 Å². The maximum Gasteiger partial charge on any atom is 0.253 e. The van der Waals surface area contributed by atoms with E-state index in [-0.39, 0.29) is 23.8 Å². The number of nitrogens with one attached hydrogen (secondary N) is 1. The standard InChI is InChI=1S/C21H22N2O4/c1-23(12-17-13-26-18-4-2-3-5-19(18)27-17)21(25)15-8-10-16(11-9-15)22-20(24)14-6-7-14/h2-5,8-11,14,17H,6-7,12-13H2,1H3,(H,22,24). The number of anilines is 1. The van der Waals surface area contributed by atoms with Crippen LogP contribution in [0.15, 0.2) is 48.5 Å². The molecule has 27 heavy (non-hydrogen) atoms. The van der Waals surface area contributed by atoms with Gasteiger partial charge in [0.2, 0.25) is 5.91 Å². The largest absolute Gasteiger partial charge is 0.486 e. The summed E-state index contributed by atoms with van der Waals surface area (Å²) in [6.07, 6.45) is 1.71. The fraction of sp³-hybridized carbons (Fsp3) is 0.333. The Morgan fingerprint density at radius 1 is 1.07 bits per heavy atom. The van der Waals surface area contributed by atoms with Gasteiger partial charge >= 0.3 is 0 Å². The Morgan fingerprint density at radius 3 is 2.48 bits per heavy atom. The molecule has 2 aliphatic rings. The lowest BCUT2D eigenvalue weighted by molar-refractivity contribution is -0.117. The molecule has 4 rings (SSSR count). The predicted molar refractivity (Wildman–Crippen MR) is 101 cm³/mol. The monoisotopic (exact) mass is 366 g/mol. The van der Waals surface area contributed by atoms with Crippen LogP contribution in [0.3, 0.4) is 0 Å². The summed E-state index contributed by atoms with van der Waals surface area (Å²) < 4.78 is 11.6. The zero-order valence-electron chi connectivity index (χ0n) is 15.2. The van der Waals surface area contributed by atoms with E-state index in [0.29, 0.717) is 30.2 Å². The van der Waals surface area contributed by atoms with E-state index in [0.717, 1.165) is 18.6 Å². The molecular formula is C21H22N2O4. The van der Waals surface area contributed by atoms with Crippen LogP contribution in [-0.4, -0.2) is 43.0 Å². The van der Waals surface area contributed by atoms with Gasteiger partial charge in [0, 0.05) is 24.2 Å². The molecule has 2 amide bonds. The topological polar surface area (TPSA) is 67.9 Å². The summed E-state index contributed by atoms with van der Waals surface area (Å²) in [5, 5.41) is 2.87. The average Bonchev–Trinajstić information content (AvgIpc) is 3.53. The van der Waals surface area contributed by atoms with Gasteiger partial charge in [-0.3, -0.25) is 9.59 Å². The van der Waals surface area contributed by atoms with Crippen LogP contribution < -0.4 is 14.8 Å². The molecule has 140 valence electrons. The Morgan fingerprint density at radius 2 is 1.78 bits per heavy atom. The van der Waals surface area contributed by atoms with Gasteiger partial charge in [-0.05, 0) is 49.2 Å². The molecule has 1 atom stereocenters. The fourth-order valence-corrected chi connectivity index (χ4v) is 3.05. The molecule has 1 aliphatic heterocycles. The Labute approximate surface area is 158 Å². The molecule has 6 heteroatoms. The van der Waals surface area contributed by atoms with Crippen LogP contribution >= 0.6 is 0 Å². The molecule has 0 saturated heterocycles. The second-order valence-corrected chi connectivity index (χ2v) is 7.02. The van der Waals surface area contributed by atoms with E-state index >= 15 is 0 Å². The summed E-state index contributed by atoms with van der Waals surface area (Å²) in [7, 11) is 1.75. The highest BCUT2D eigenvalue weighted by Crippen LogP contribution is 2.31. The molecule has 0 radical (unpaired) electrons. The number of hydrogen-bond donors (Lipinski definition) is 1. The minimum absolute atomic E-state index is 0.0564. The lowest BCUT2D eigenvalue weighted by atomic mass is 10.1. The van der Waals surface area contributed by atoms with Crippen molar-refractivity contribution in [3.05, 3.63) is 54.1 Å². The molecule has 6 nitrogen and oxygen atoms in total. The van der Waals surface area contributed by atoms with Crippen molar-refractivity contribution in [2.45, 2.75) is 18.9 Å². The molecule has 1 fully saturated rings. The van der Waals surface area contributed by atoms with Gasteiger partial charge in [0.25, 0.3) is 5.91 Å². The van der Waals surface area contributed by atoms with Crippen LogP contribution in [0.25, 0.3) is 0 Å². The SMILES string of the molecule is CN(CC1COc2ccccc2O1)C(=O)c1ccc(NC(=O)C2CC2)cc1. The number of likely N-dealkylation sites (N-methyl/N-ethyl adjacent to an activating group) is 1. The van der Waals surface area contributed by atoms with E-state index in [1.54, 1.807) is 36.2 Å². The first-order valence-electron chi connectivity index (χ1n) is 9.15. The lowest BCUT2D eigenvalue weighted by Gasteiger charge is -2.29. The summed E-state index contributed by atoms with van der Waals surface area (Å²) in [4.78, 5) is 26.1. The number of ether oxygens (including phenoxy) is 2. The van der Waals surface area contributed by atoms with Crippen LogP contribution in [0.5, 0.6) is 11.5 Å². The maximum absolute atomic E-state index is 12.7. The highest BCUT2D eigenvalue weighted by Gasteiger charge is 2.29. The number of fused-ring (bicyclic) bond motifs is 1. The number of carbonyl (C=O) groups excluding carboxylic acids is 2. The number of rotatable bonds is 5. The third kappa shape index (κ3) is 4.05. The molecule has 2 aromatic carbocycles. The number of carbonyl (C=O) groups is 2. The van der Waals surface area contributed by atoms with Crippen molar-refractivity contribution in [3.63, 3.8) is 0 Å². The first-order chi connectivity index (χ1) is 13.1. The third-order valence-corrected chi connectivity index (χ3v) is 4.74. The van der Waals surface area contributed by atoms with Crippen molar-refractivity contribution in [2.24, 2.45) is 5.92 Å². The highest BCUT2D eigenvalue weighted by atomic mass is 16.6. The Balaban J connectivity index is 1.34. The molecular weight excluding hydrogens is 344 g/mol. The van der Waals surface area contributed by atoms with Gasteiger partial charge in [0.05, 0.1) is 6.54 Å². The summed E-state index contributed by atoms with van der Waals surface area (Å²) in [6, 6.07) is 14.5. The first-order valence-corrected chi connectivity index (χ1v) is 9.15. The molecule has 0 bridgehead atoms. The predicted octanol–water partition coefficient (Wildman–Crippen LogP) is 2.95. The third-order valence-electron chi connectivity index (χ3n) is 4.74. The van der Waals surface area contributed by atoms with Gasteiger partial charge in [-0.2, -0.15) is 0 Å². The van der Waals surface area contributed by atoms with Gasteiger partial charge in [0.15, 0.2) is 17.6 Å². The van der Waals surface area contributed by atoms with Crippen molar-refractivity contribution >= 4 is 17.5 Å². The van der Waals surface area contributed by atoms with Gasteiger partial charge < -0.3 is 19.7 Å². The second kappa shape index (κ2) is 7.31. The Hall–Kier alpha value is -3.02. The van der Waals surface area contributed by atoms with E-state index in [1.807, 2.05) is 24.3 Å². The number of para-hydroxylation sites is 2. The molecule has 2 aromatic rings. The lowest BCUT2D eigenvalue weighted by Crippen LogP contribution is -2.41. The highest BCUT2D eigenvalue weighted by molar-refractivity contribution is 5.96. The summed E-state index contributed by atoms with van der Waals surface area (Å²) >= 11 is 0. The van der Waals surface area contributed by atoms with Crippen LogP contribution in [0.4, 0.5) is 5.69 Å². The first kappa shape index (κ1) is 17.4. The van der Waals surface area contributed by atoms with E-state index in [9.17, 15) is 9.59 Å². The fourth-order valence-electron chi connectivity index (χ4n) is 3.05. The van der Waals surface area contributed by atoms with Crippen molar-refractivity contribution in [1.29, 1.82) is 0 Å². The molecule has 1 aliphatic carbocycles. The second-order valence-electron chi connectivity index (χ2n) is 7.02. The van der Waals surface area contributed by atoms with Crippen LogP contribution in [0.2, 0.25) is 0 Å². The summed E-state index contributed by atoms with van der Waals surface area (Å²) in [6.45, 7) is 0.827. The Kier molecular flexibility index (Phi) is 4.71. The summed E-state index contributed by atoms with van der Waals surface area (Å²) in [5.74, 6) is 1.54. The van der Waals surface area contributed by atoms with Gasteiger partial charge in [0.1, 0.15) is 6.61 Å². The smallest absolute Gasteiger partial charge is 0.253 e. The van der Waals surface area contributed by atoms with Gasteiger partial charge in [-0.1, -0.05) is 12.1 Å².